The highest BCUT2D eigenvalue weighted by molar-refractivity contribution is 14.1. The SMILES string of the molecule is Cc1c(Br)cccc1C(=O)NCCCCCI. The molecule has 1 rings (SSSR count). The molecular weight excluding hydrogens is 393 g/mol. The average molecular weight is 410 g/mol. The van der Waals surface area contributed by atoms with Gasteiger partial charge in [0.1, 0.15) is 0 Å². The summed E-state index contributed by atoms with van der Waals surface area (Å²) in [5, 5.41) is 2.96. The molecule has 0 unspecified atom stereocenters. The van der Waals surface area contributed by atoms with E-state index in [4.69, 9.17) is 0 Å². The molecule has 1 aromatic rings. The lowest BCUT2D eigenvalue weighted by Gasteiger charge is -2.08. The number of alkyl halides is 1. The van der Waals surface area contributed by atoms with Gasteiger partial charge in [0.25, 0.3) is 5.91 Å². The van der Waals surface area contributed by atoms with E-state index in [1.165, 1.54) is 17.3 Å². The number of benzene rings is 1. The molecule has 1 N–H and O–H groups in total. The largest absolute Gasteiger partial charge is 0.352 e. The van der Waals surface area contributed by atoms with Crippen molar-refractivity contribution in [1.82, 2.24) is 5.32 Å². The van der Waals surface area contributed by atoms with Gasteiger partial charge in [0.15, 0.2) is 0 Å². The van der Waals surface area contributed by atoms with Gasteiger partial charge in [0.2, 0.25) is 0 Å². The van der Waals surface area contributed by atoms with Gasteiger partial charge >= 0.3 is 0 Å². The molecule has 0 aliphatic rings. The highest BCUT2D eigenvalue weighted by atomic mass is 127. The summed E-state index contributed by atoms with van der Waals surface area (Å²) in [6.07, 6.45) is 3.47. The summed E-state index contributed by atoms with van der Waals surface area (Å²) in [6.45, 7) is 2.72. The van der Waals surface area contributed by atoms with Gasteiger partial charge in [-0.1, -0.05) is 51.0 Å². The standard InChI is InChI=1S/C13H17BrINO/c1-10-11(6-5-7-12(10)14)13(17)16-9-4-2-3-8-15/h5-7H,2-4,8-9H2,1H3,(H,16,17). The third-order valence-electron chi connectivity index (χ3n) is 2.61. The zero-order valence-corrected chi connectivity index (χ0v) is 13.7. The third kappa shape index (κ3) is 4.95. The predicted molar refractivity (Wildman–Crippen MR) is 84.0 cm³/mol. The van der Waals surface area contributed by atoms with E-state index < -0.39 is 0 Å². The molecule has 0 aliphatic heterocycles. The van der Waals surface area contributed by atoms with Crippen LogP contribution in [0.15, 0.2) is 22.7 Å². The van der Waals surface area contributed by atoms with E-state index >= 15 is 0 Å². The maximum absolute atomic E-state index is 11.9. The minimum absolute atomic E-state index is 0.0262. The third-order valence-corrected chi connectivity index (χ3v) is 4.23. The Morgan fingerprint density at radius 2 is 2.12 bits per heavy atom. The van der Waals surface area contributed by atoms with E-state index in [9.17, 15) is 4.79 Å². The summed E-state index contributed by atoms with van der Waals surface area (Å²) in [7, 11) is 0. The quantitative estimate of drug-likeness (QED) is 0.428. The fourth-order valence-electron chi connectivity index (χ4n) is 1.55. The van der Waals surface area contributed by atoms with Crippen molar-refractivity contribution in [1.29, 1.82) is 0 Å². The fourth-order valence-corrected chi connectivity index (χ4v) is 2.45. The number of halogens is 2. The van der Waals surface area contributed by atoms with Crippen LogP contribution in [-0.2, 0) is 0 Å². The second kappa shape index (κ2) is 8.08. The van der Waals surface area contributed by atoms with Crippen LogP contribution in [0.25, 0.3) is 0 Å². The summed E-state index contributed by atoms with van der Waals surface area (Å²) < 4.78 is 2.17. The van der Waals surface area contributed by atoms with Gasteiger partial charge in [0, 0.05) is 16.6 Å². The first kappa shape index (κ1) is 15.0. The van der Waals surface area contributed by atoms with Gasteiger partial charge in [0.05, 0.1) is 0 Å². The van der Waals surface area contributed by atoms with Crippen molar-refractivity contribution in [2.45, 2.75) is 26.2 Å². The number of carbonyl (C=O) groups is 1. The number of rotatable bonds is 6. The summed E-state index contributed by atoms with van der Waals surface area (Å²) in [5.74, 6) is 0.0262. The molecule has 17 heavy (non-hydrogen) atoms. The Bertz CT molecular complexity index is 382. The topological polar surface area (TPSA) is 29.1 Å². The molecule has 0 atom stereocenters. The first-order valence-corrected chi connectivity index (χ1v) is 8.08. The Morgan fingerprint density at radius 3 is 2.82 bits per heavy atom. The molecule has 1 amide bonds. The van der Waals surface area contributed by atoms with Crippen LogP contribution in [0.5, 0.6) is 0 Å². The Labute approximate surface area is 125 Å². The molecule has 0 bridgehead atoms. The Kier molecular flexibility index (Phi) is 7.11. The molecule has 94 valence electrons. The maximum atomic E-state index is 11.9. The minimum Gasteiger partial charge on any atom is -0.352 e. The van der Waals surface area contributed by atoms with Crippen LogP contribution in [-0.4, -0.2) is 16.9 Å². The van der Waals surface area contributed by atoms with Gasteiger partial charge in [-0.25, -0.2) is 0 Å². The molecule has 0 saturated carbocycles. The van der Waals surface area contributed by atoms with E-state index in [0.29, 0.717) is 0 Å². The molecule has 0 spiro atoms. The number of amides is 1. The lowest BCUT2D eigenvalue weighted by molar-refractivity contribution is 0.0952. The molecule has 0 radical (unpaired) electrons. The van der Waals surface area contributed by atoms with Crippen molar-refractivity contribution in [3.8, 4) is 0 Å². The first-order valence-electron chi connectivity index (χ1n) is 5.76. The molecule has 2 nitrogen and oxygen atoms in total. The van der Waals surface area contributed by atoms with Gasteiger partial charge in [-0.05, 0) is 41.9 Å². The summed E-state index contributed by atoms with van der Waals surface area (Å²) >= 11 is 5.81. The van der Waals surface area contributed by atoms with E-state index in [1.807, 2.05) is 25.1 Å². The van der Waals surface area contributed by atoms with Gasteiger partial charge < -0.3 is 5.32 Å². The van der Waals surface area contributed by atoms with Crippen molar-refractivity contribution in [3.63, 3.8) is 0 Å². The van der Waals surface area contributed by atoms with Crippen LogP contribution in [0.3, 0.4) is 0 Å². The van der Waals surface area contributed by atoms with E-state index in [-0.39, 0.29) is 5.91 Å². The second-order valence-corrected chi connectivity index (χ2v) is 5.85. The number of carbonyl (C=O) groups excluding carboxylic acids is 1. The highest BCUT2D eigenvalue weighted by Crippen LogP contribution is 2.19. The van der Waals surface area contributed by atoms with E-state index in [1.54, 1.807) is 0 Å². The lowest BCUT2D eigenvalue weighted by Crippen LogP contribution is -2.25. The second-order valence-electron chi connectivity index (χ2n) is 3.92. The molecule has 0 heterocycles. The molecule has 0 aliphatic carbocycles. The van der Waals surface area contributed by atoms with Gasteiger partial charge in [-0.2, -0.15) is 0 Å². The minimum atomic E-state index is 0.0262. The summed E-state index contributed by atoms with van der Waals surface area (Å²) in [6, 6.07) is 5.70. The highest BCUT2D eigenvalue weighted by Gasteiger charge is 2.09. The molecule has 0 fully saturated rings. The Morgan fingerprint density at radius 1 is 1.35 bits per heavy atom. The number of hydrogen-bond donors (Lipinski definition) is 1. The van der Waals surface area contributed by atoms with Crippen molar-refractivity contribution < 1.29 is 4.79 Å². The van der Waals surface area contributed by atoms with Gasteiger partial charge in [-0.15, -0.1) is 0 Å². The smallest absolute Gasteiger partial charge is 0.251 e. The number of unbranched alkanes of at least 4 members (excludes halogenated alkanes) is 2. The lowest BCUT2D eigenvalue weighted by atomic mass is 10.1. The predicted octanol–water partition coefficient (Wildman–Crippen LogP) is 4.09. The maximum Gasteiger partial charge on any atom is 0.251 e. The van der Waals surface area contributed by atoms with Crippen molar-refractivity contribution >= 4 is 44.4 Å². The summed E-state index contributed by atoms with van der Waals surface area (Å²) in [5.41, 5.74) is 1.76. The molecule has 4 heteroatoms. The molecule has 0 aromatic heterocycles. The monoisotopic (exact) mass is 409 g/mol. The van der Waals surface area contributed by atoms with Crippen LogP contribution in [0.4, 0.5) is 0 Å². The van der Waals surface area contributed by atoms with Gasteiger partial charge in [-0.3, -0.25) is 4.79 Å². The van der Waals surface area contributed by atoms with Crippen molar-refractivity contribution in [3.05, 3.63) is 33.8 Å². The first-order chi connectivity index (χ1) is 8.16. The summed E-state index contributed by atoms with van der Waals surface area (Å²) in [4.78, 5) is 11.9. The van der Waals surface area contributed by atoms with E-state index in [2.05, 4.69) is 43.8 Å². The van der Waals surface area contributed by atoms with Crippen molar-refractivity contribution in [2.75, 3.05) is 11.0 Å². The normalized spacial score (nSPS) is 10.3. The fraction of sp³-hybridized carbons (Fsp3) is 0.462. The van der Waals surface area contributed by atoms with Crippen molar-refractivity contribution in [2.24, 2.45) is 0 Å². The van der Waals surface area contributed by atoms with Crippen LogP contribution in [0, 0.1) is 6.92 Å². The average Bonchev–Trinajstić information content (AvgIpc) is 2.32. The zero-order valence-electron chi connectivity index (χ0n) is 9.93. The molecule has 1 aromatic carbocycles. The van der Waals surface area contributed by atoms with Crippen LogP contribution in [0.2, 0.25) is 0 Å². The molecular formula is C13H17BrINO. The van der Waals surface area contributed by atoms with E-state index in [0.717, 1.165) is 28.6 Å². The van der Waals surface area contributed by atoms with Crippen LogP contribution in [0.1, 0.15) is 35.2 Å². The zero-order chi connectivity index (χ0) is 12.7. The molecule has 0 saturated heterocycles. The Balaban J connectivity index is 2.44. The Hall–Kier alpha value is -0.100. The van der Waals surface area contributed by atoms with Crippen LogP contribution < -0.4 is 5.32 Å². The number of nitrogens with one attached hydrogen (secondary N) is 1. The number of hydrogen-bond acceptors (Lipinski definition) is 1. The van der Waals surface area contributed by atoms with Crippen LogP contribution >= 0.6 is 38.5 Å².